The van der Waals surface area contributed by atoms with Gasteiger partial charge in [-0.3, -0.25) is 0 Å². The largest absolute Gasteiger partial charge is 0.506 e. The van der Waals surface area contributed by atoms with Crippen molar-refractivity contribution in [1.29, 1.82) is 0 Å². The first kappa shape index (κ1) is 18.9. The Balaban J connectivity index is 1.87. The van der Waals surface area contributed by atoms with Gasteiger partial charge >= 0.3 is 0 Å². The average molecular weight is 437 g/mol. The zero-order valence-corrected chi connectivity index (χ0v) is 17.8. The summed E-state index contributed by atoms with van der Waals surface area (Å²) in [7, 11) is 0. The van der Waals surface area contributed by atoms with Gasteiger partial charge in [-0.05, 0) is 26.0 Å². The number of para-hydroxylation sites is 2. The van der Waals surface area contributed by atoms with E-state index in [0.29, 0.717) is 22.3 Å². The number of hydrogen-bond donors (Lipinski definition) is 4. The van der Waals surface area contributed by atoms with Gasteiger partial charge in [-0.1, -0.05) is 59.6 Å². The Bertz CT molecular complexity index is 1320. The van der Waals surface area contributed by atoms with Gasteiger partial charge in [0.05, 0.1) is 10.0 Å². The minimum Gasteiger partial charge on any atom is -0.506 e. The second-order valence-corrected chi connectivity index (χ2v) is 8.17. The molecule has 5 aromatic rings. The first-order valence-corrected chi connectivity index (χ1v) is 10.2. The normalized spacial score (nSPS) is 11.6. The summed E-state index contributed by atoms with van der Waals surface area (Å²) in [6.45, 7) is 3.79. The maximum absolute atomic E-state index is 11.1. The van der Waals surface area contributed by atoms with Crippen molar-refractivity contribution in [2.45, 2.75) is 13.8 Å². The number of halogens is 2. The number of hydrogen-bond acceptors (Lipinski definition) is 2. The molecule has 0 aliphatic carbocycles. The van der Waals surface area contributed by atoms with E-state index in [-0.39, 0.29) is 21.5 Å². The average Bonchev–Trinajstić information content (AvgIpc) is 3.23. The Morgan fingerprint density at radius 2 is 0.967 bits per heavy atom. The highest BCUT2D eigenvalue weighted by Gasteiger charge is 2.28. The predicted molar refractivity (Wildman–Crippen MR) is 124 cm³/mol. The summed E-state index contributed by atoms with van der Waals surface area (Å²) in [4.78, 5) is 6.59. The molecule has 150 valence electrons. The molecule has 0 bridgehead atoms. The van der Waals surface area contributed by atoms with Gasteiger partial charge in [0, 0.05) is 55.4 Å². The monoisotopic (exact) mass is 436 g/mol. The zero-order chi connectivity index (χ0) is 21.2. The fourth-order valence-electron chi connectivity index (χ4n) is 4.32. The number of H-pyrrole nitrogens is 2. The molecule has 2 heterocycles. The van der Waals surface area contributed by atoms with Crippen molar-refractivity contribution in [2.24, 2.45) is 0 Å². The molecule has 6 heteroatoms. The molecule has 0 aliphatic rings. The van der Waals surface area contributed by atoms with Crippen LogP contribution in [0.25, 0.3) is 44.1 Å². The lowest BCUT2D eigenvalue weighted by molar-refractivity contribution is 0.464. The number of phenols is 2. The Labute approximate surface area is 182 Å². The van der Waals surface area contributed by atoms with Crippen molar-refractivity contribution >= 4 is 45.0 Å². The summed E-state index contributed by atoms with van der Waals surface area (Å²) in [5.41, 5.74) is 5.52. The van der Waals surface area contributed by atoms with Gasteiger partial charge in [0.1, 0.15) is 11.5 Å². The number of nitrogens with one attached hydrogen (secondary N) is 2. The van der Waals surface area contributed by atoms with Crippen LogP contribution in [0.2, 0.25) is 10.0 Å². The van der Waals surface area contributed by atoms with Crippen molar-refractivity contribution < 1.29 is 10.2 Å². The van der Waals surface area contributed by atoms with E-state index in [4.69, 9.17) is 23.2 Å². The van der Waals surface area contributed by atoms with Crippen molar-refractivity contribution in [3.8, 4) is 33.8 Å². The minimum atomic E-state index is -0.160. The SMILES string of the molecule is Cc1[nH]c2ccccc2c1-c1c(O)c(Cl)c(-c2c(C)[nH]c3ccccc23)c(O)c1Cl. The highest BCUT2D eigenvalue weighted by atomic mass is 35.5. The van der Waals surface area contributed by atoms with Crippen LogP contribution in [0.5, 0.6) is 11.5 Å². The van der Waals surface area contributed by atoms with Crippen LogP contribution in [0.15, 0.2) is 48.5 Å². The zero-order valence-electron chi connectivity index (χ0n) is 16.3. The van der Waals surface area contributed by atoms with Gasteiger partial charge in [0.25, 0.3) is 0 Å². The van der Waals surface area contributed by atoms with E-state index >= 15 is 0 Å². The summed E-state index contributed by atoms with van der Waals surface area (Å²) in [6.07, 6.45) is 0. The molecule has 0 amide bonds. The topological polar surface area (TPSA) is 72.0 Å². The molecule has 0 spiro atoms. The molecule has 0 saturated heterocycles. The predicted octanol–water partition coefficient (Wildman–Crippen LogP) is 7.32. The third-order valence-corrected chi connectivity index (χ3v) is 6.35. The number of aryl methyl sites for hydroxylation is 2. The summed E-state index contributed by atoms with van der Waals surface area (Å²) >= 11 is 13.3. The van der Waals surface area contributed by atoms with Gasteiger partial charge in [0.2, 0.25) is 0 Å². The second-order valence-electron chi connectivity index (χ2n) is 7.42. The molecule has 0 radical (unpaired) electrons. The number of phenolic OH excluding ortho intramolecular Hbond substituents is 2. The molecule has 0 atom stereocenters. The van der Waals surface area contributed by atoms with E-state index in [1.54, 1.807) is 0 Å². The van der Waals surface area contributed by atoms with E-state index in [1.807, 2.05) is 62.4 Å². The van der Waals surface area contributed by atoms with E-state index < -0.39 is 0 Å². The van der Waals surface area contributed by atoms with Gasteiger partial charge in [-0.15, -0.1) is 0 Å². The maximum atomic E-state index is 11.1. The molecule has 3 aromatic carbocycles. The Kier molecular flexibility index (Phi) is 4.24. The number of aromatic amines is 2. The lowest BCUT2D eigenvalue weighted by Crippen LogP contribution is -1.91. The van der Waals surface area contributed by atoms with E-state index in [9.17, 15) is 10.2 Å². The van der Waals surface area contributed by atoms with Gasteiger partial charge in [-0.25, -0.2) is 0 Å². The van der Waals surface area contributed by atoms with E-state index in [0.717, 1.165) is 33.2 Å². The quantitative estimate of drug-likeness (QED) is 0.219. The van der Waals surface area contributed by atoms with E-state index in [2.05, 4.69) is 9.97 Å². The molecule has 2 aromatic heterocycles. The van der Waals surface area contributed by atoms with Gasteiger partial charge in [-0.2, -0.15) is 0 Å². The molecule has 0 aliphatic heterocycles. The lowest BCUT2D eigenvalue weighted by atomic mass is 9.94. The van der Waals surface area contributed by atoms with Gasteiger partial charge in [0.15, 0.2) is 0 Å². The second kappa shape index (κ2) is 6.73. The third kappa shape index (κ3) is 2.54. The van der Waals surface area contributed by atoms with Crippen LogP contribution in [0.3, 0.4) is 0 Å². The highest BCUT2D eigenvalue weighted by Crippen LogP contribution is 2.55. The number of benzene rings is 3. The molecule has 0 saturated carbocycles. The van der Waals surface area contributed by atoms with Crippen molar-refractivity contribution in [3.63, 3.8) is 0 Å². The molecule has 4 nitrogen and oxygen atoms in total. The van der Waals surface area contributed by atoms with Crippen molar-refractivity contribution in [3.05, 3.63) is 70.0 Å². The first-order valence-electron chi connectivity index (χ1n) is 9.48. The maximum Gasteiger partial charge on any atom is 0.144 e. The van der Waals surface area contributed by atoms with Crippen LogP contribution in [0, 0.1) is 13.8 Å². The number of aromatic hydroxyl groups is 2. The fourth-order valence-corrected chi connectivity index (χ4v) is 4.88. The van der Waals surface area contributed by atoms with Crippen LogP contribution in [-0.2, 0) is 0 Å². The van der Waals surface area contributed by atoms with Crippen LogP contribution >= 0.6 is 23.2 Å². The molecule has 0 unspecified atom stereocenters. The Morgan fingerprint density at radius 1 is 0.600 bits per heavy atom. The highest BCUT2D eigenvalue weighted by molar-refractivity contribution is 6.41. The summed E-state index contributed by atoms with van der Waals surface area (Å²) in [6, 6.07) is 15.4. The molecule has 5 rings (SSSR count). The standard InChI is InChI=1S/C24H18Cl2N2O2/c1-11-17(13-7-3-5-9-15(13)27-11)19-21(25)24(30)20(22(26)23(19)29)18-12(2)28-16-10-6-4-8-14(16)18/h3-10,27-30H,1-2H3. The smallest absolute Gasteiger partial charge is 0.144 e. The number of rotatable bonds is 2. The van der Waals surface area contributed by atoms with Crippen LogP contribution in [-0.4, -0.2) is 20.2 Å². The fraction of sp³-hybridized carbons (Fsp3) is 0.0833. The first-order chi connectivity index (χ1) is 14.4. The van der Waals surface area contributed by atoms with E-state index in [1.165, 1.54) is 0 Å². The Hall–Kier alpha value is -3.08. The Morgan fingerprint density at radius 3 is 1.37 bits per heavy atom. The molecular formula is C24H18Cl2N2O2. The van der Waals surface area contributed by atoms with Crippen LogP contribution < -0.4 is 0 Å². The van der Waals surface area contributed by atoms with Crippen LogP contribution in [0.1, 0.15) is 11.4 Å². The minimum absolute atomic E-state index is 0.0597. The number of aromatic nitrogens is 2. The number of fused-ring (bicyclic) bond motifs is 2. The molecule has 30 heavy (non-hydrogen) atoms. The molecule has 0 fully saturated rings. The third-order valence-electron chi connectivity index (χ3n) is 5.62. The molecular weight excluding hydrogens is 419 g/mol. The lowest BCUT2D eigenvalue weighted by Gasteiger charge is -2.16. The summed E-state index contributed by atoms with van der Waals surface area (Å²) < 4.78 is 0. The van der Waals surface area contributed by atoms with Crippen LogP contribution in [0.4, 0.5) is 0 Å². The molecule has 4 N–H and O–H groups in total. The van der Waals surface area contributed by atoms with Crippen molar-refractivity contribution in [2.75, 3.05) is 0 Å². The summed E-state index contributed by atoms with van der Waals surface area (Å²) in [5, 5.41) is 24.2. The van der Waals surface area contributed by atoms with Crippen molar-refractivity contribution in [1.82, 2.24) is 9.97 Å². The summed E-state index contributed by atoms with van der Waals surface area (Å²) in [5.74, 6) is -0.320. The van der Waals surface area contributed by atoms with Gasteiger partial charge < -0.3 is 20.2 Å².